The average Bonchev–Trinajstić information content (AvgIpc) is 3.14. The highest BCUT2D eigenvalue weighted by atomic mass is 19.4. The van der Waals surface area contributed by atoms with Crippen LogP contribution in [0.3, 0.4) is 0 Å². The van der Waals surface area contributed by atoms with Gasteiger partial charge < -0.3 is 20.9 Å². The normalized spacial score (nSPS) is 11.5. The van der Waals surface area contributed by atoms with Gasteiger partial charge in [-0.15, -0.1) is 0 Å². The van der Waals surface area contributed by atoms with Gasteiger partial charge in [0.2, 0.25) is 0 Å². The van der Waals surface area contributed by atoms with Crippen LogP contribution in [0.15, 0.2) is 60.9 Å². The number of carbonyl (C=O) groups excluding carboxylic acids is 1. The molecule has 2 aromatic heterocycles. The monoisotopic (exact) mass is 461 g/mol. The fourth-order valence-corrected chi connectivity index (χ4v) is 3.36. The van der Waals surface area contributed by atoms with Gasteiger partial charge >= 0.3 is 12.2 Å². The number of nitrogens with two attached hydrogens (primary N) is 1. The van der Waals surface area contributed by atoms with E-state index < -0.39 is 35.1 Å². The lowest BCUT2D eigenvalue weighted by molar-refractivity contribution is -0.137. The highest BCUT2D eigenvalue weighted by Crippen LogP contribution is 2.32. The largest absolute Gasteiger partial charge is 0.416 e. The molecule has 6 nitrogen and oxygen atoms in total. The summed E-state index contributed by atoms with van der Waals surface area (Å²) in [7, 11) is 0. The molecule has 4 rings (SSSR count). The maximum atomic E-state index is 14.5. The number of nitrogens with zero attached hydrogens (tertiary/aromatic N) is 2. The first-order chi connectivity index (χ1) is 15.6. The van der Waals surface area contributed by atoms with E-state index in [1.807, 2.05) is 5.32 Å². The number of amides is 2. The molecule has 0 saturated heterocycles. The summed E-state index contributed by atoms with van der Waals surface area (Å²) in [6, 6.07) is 8.18. The standard InChI is InChI=1S/C22H16F5N5O/c23-15-2-1-13(22(25,26)27)10-17(15)30-21(33)31-20-14-6-8-32(18(14)4-3-16(20)24)11-12-5-7-29-19(28)9-12/h1-10H,11H2,(H2,28,29)(H2,30,31,33). The van der Waals surface area contributed by atoms with Gasteiger partial charge in [-0.3, -0.25) is 0 Å². The van der Waals surface area contributed by atoms with Gasteiger partial charge in [-0.05, 0) is 54.1 Å². The zero-order valence-corrected chi connectivity index (χ0v) is 16.8. The summed E-state index contributed by atoms with van der Waals surface area (Å²) in [4.78, 5) is 16.3. The van der Waals surface area contributed by atoms with Crippen LogP contribution < -0.4 is 16.4 Å². The number of benzene rings is 2. The van der Waals surface area contributed by atoms with Crippen molar-refractivity contribution in [1.29, 1.82) is 0 Å². The Labute approximate surface area is 183 Å². The zero-order chi connectivity index (χ0) is 23.8. The third-order valence-electron chi connectivity index (χ3n) is 4.88. The molecule has 4 aromatic rings. The van der Waals surface area contributed by atoms with Crippen LogP contribution in [0.4, 0.5) is 43.9 Å². The number of hydrogen-bond donors (Lipinski definition) is 3. The lowest BCUT2D eigenvalue weighted by Crippen LogP contribution is -2.21. The van der Waals surface area contributed by atoms with Gasteiger partial charge in [0.25, 0.3) is 0 Å². The molecule has 0 fully saturated rings. The average molecular weight is 461 g/mol. The highest BCUT2D eigenvalue weighted by Gasteiger charge is 2.31. The number of halogens is 5. The summed E-state index contributed by atoms with van der Waals surface area (Å²) < 4.78 is 68.9. The van der Waals surface area contributed by atoms with Crippen LogP contribution in [0, 0.1) is 11.6 Å². The Morgan fingerprint density at radius 1 is 1.00 bits per heavy atom. The van der Waals surface area contributed by atoms with Crippen molar-refractivity contribution in [2.75, 3.05) is 16.4 Å². The number of alkyl halides is 3. The van der Waals surface area contributed by atoms with E-state index in [2.05, 4.69) is 10.3 Å². The number of nitrogen functional groups attached to an aromatic ring is 1. The highest BCUT2D eigenvalue weighted by molar-refractivity contribution is 6.06. The first kappa shape index (κ1) is 22.1. The van der Waals surface area contributed by atoms with Crippen molar-refractivity contribution in [1.82, 2.24) is 9.55 Å². The molecule has 0 radical (unpaired) electrons. The summed E-state index contributed by atoms with van der Waals surface area (Å²) in [5.41, 5.74) is 5.08. The Morgan fingerprint density at radius 3 is 2.48 bits per heavy atom. The van der Waals surface area contributed by atoms with Crippen molar-refractivity contribution in [2.24, 2.45) is 0 Å². The smallest absolute Gasteiger partial charge is 0.384 e. The Morgan fingerprint density at radius 2 is 1.76 bits per heavy atom. The second-order valence-corrected chi connectivity index (χ2v) is 7.16. The molecule has 33 heavy (non-hydrogen) atoms. The van der Waals surface area contributed by atoms with Gasteiger partial charge in [-0.1, -0.05) is 0 Å². The van der Waals surface area contributed by atoms with Crippen molar-refractivity contribution < 1.29 is 26.7 Å². The first-order valence-corrected chi connectivity index (χ1v) is 9.54. The molecule has 0 spiro atoms. The predicted molar refractivity (Wildman–Crippen MR) is 114 cm³/mol. The fraction of sp³-hybridized carbons (Fsp3) is 0.0909. The predicted octanol–water partition coefficient (Wildman–Crippen LogP) is 5.61. The van der Waals surface area contributed by atoms with Crippen molar-refractivity contribution in [2.45, 2.75) is 12.7 Å². The SMILES string of the molecule is Nc1cc(Cn2ccc3c(NC(=O)Nc4cc(C(F)(F)F)ccc4F)c(F)ccc32)ccn1. The van der Waals surface area contributed by atoms with Gasteiger partial charge in [0.1, 0.15) is 17.5 Å². The summed E-state index contributed by atoms with van der Waals surface area (Å²) in [6.07, 6.45) is -1.49. The number of hydrogen-bond acceptors (Lipinski definition) is 3. The molecule has 11 heteroatoms. The van der Waals surface area contributed by atoms with Crippen LogP contribution in [0.1, 0.15) is 11.1 Å². The summed E-state index contributed by atoms with van der Waals surface area (Å²) in [6.45, 7) is 0.392. The minimum atomic E-state index is -4.72. The number of carbonyl (C=O) groups is 1. The van der Waals surface area contributed by atoms with E-state index in [-0.39, 0.29) is 5.69 Å². The van der Waals surface area contributed by atoms with E-state index in [0.29, 0.717) is 41.5 Å². The van der Waals surface area contributed by atoms with Crippen LogP contribution in [-0.4, -0.2) is 15.6 Å². The van der Waals surface area contributed by atoms with E-state index >= 15 is 0 Å². The van der Waals surface area contributed by atoms with Gasteiger partial charge in [-0.2, -0.15) is 13.2 Å². The van der Waals surface area contributed by atoms with Gasteiger partial charge in [0, 0.05) is 24.3 Å². The molecule has 170 valence electrons. The van der Waals surface area contributed by atoms with Gasteiger partial charge in [0.05, 0.1) is 22.5 Å². The molecule has 2 aromatic carbocycles. The summed E-state index contributed by atoms with van der Waals surface area (Å²) in [5.74, 6) is -1.50. The number of anilines is 3. The Hall–Kier alpha value is -4.15. The number of aromatic nitrogens is 2. The quantitative estimate of drug-likeness (QED) is 0.346. The summed E-state index contributed by atoms with van der Waals surface area (Å²) in [5, 5.41) is 4.60. The lowest BCUT2D eigenvalue weighted by atomic mass is 10.2. The van der Waals surface area contributed by atoms with E-state index in [1.165, 1.54) is 6.07 Å². The Balaban J connectivity index is 1.59. The lowest BCUT2D eigenvalue weighted by Gasteiger charge is -2.13. The second-order valence-electron chi connectivity index (χ2n) is 7.16. The molecular weight excluding hydrogens is 445 g/mol. The van der Waals surface area contributed by atoms with Crippen LogP contribution in [0.25, 0.3) is 10.9 Å². The number of urea groups is 1. The molecule has 0 aliphatic heterocycles. The third-order valence-corrected chi connectivity index (χ3v) is 4.88. The molecule has 0 bridgehead atoms. The van der Waals surface area contributed by atoms with Crippen LogP contribution in [0.2, 0.25) is 0 Å². The van der Waals surface area contributed by atoms with Crippen molar-refractivity contribution in [3.63, 3.8) is 0 Å². The van der Waals surface area contributed by atoms with E-state index in [0.717, 1.165) is 11.6 Å². The van der Waals surface area contributed by atoms with Gasteiger partial charge in [0.15, 0.2) is 0 Å². The van der Waals surface area contributed by atoms with Crippen LogP contribution in [-0.2, 0) is 12.7 Å². The Bertz CT molecular complexity index is 1350. The van der Waals surface area contributed by atoms with Crippen molar-refractivity contribution >= 4 is 34.1 Å². The number of nitrogens with one attached hydrogen (secondary N) is 2. The van der Waals surface area contributed by atoms with E-state index in [1.54, 1.807) is 35.2 Å². The summed E-state index contributed by atoms with van der Waals surface area (Å²) >= 11 is 0. The molecule has 2 heterocycles. The zero-order valence-electron chi connectivity index (χ0n) is 16.8. The first-order valence-electron chi connectivity index (χ1n) is 9.54. The third kappa shape index (κ3) is 4.71. The molecule has 0 aliphatic carbocycles. The van der Waals surface area contributed by atoms with E-state index in [9.17, 15) is 26.7 Å². The van der Waals surface area contributed by atoms with Crippen LogP contribution in [0.5, 0.6) is 0 Å². The number of rotatable bonds is 4. The molecule has 0 atom stereocenters. The fourth-order valence-electron chi connectivity index (χ4n) is 3.36. The number of pyridine rings is 1. The minimum Gasteiger partial charge on any atom is -0.384 e. The second kappa shape index (κ2) is 8.41. The topological polar surface area (TPSA) is 85.0 Å². The maximum absolute atomic E-state index is 14.5. The number of fused-ring (bicyclic) bond motifs is 1. The molecule has 4 N–H and O–H groups in total. The maximum Gasteiger partial charge on any atom is 0.416 e. The van der Waals surface area contributed by atoms with Crippen molar-refractivity contribution in [3.05, 3.63) is 83.7 Å². The minimum absolute atomic E-state index is 0.203. The van der Waals surface area contributed by atoms with Crippen molar-refractivity contribution in [3.8, 4) is 0 Å². The van der Waals surface area contributed by atoms with E-state index in [4.69, 9.17) is 5.73 Å². The molecule has 2 amide bonds. The van der Waals surface area contributed by atoms with Crippen LogP contribution >= 0.6 is 0 Å². The Kier molecular flexibility index (Phi) is 5.62. The molecular formula is C22H16F5N5O. The molecule has 0 saturated carbocycles. The molecule has 0 unspecified atom stereocenters. The van der Waals surface area contributed by atoms with Gasteiger partial charge in [-0.25, -0.2) is 18.6 Å². The molecule has 0 aliphatic rings.